The number of rotatable bonds is 3. The topological polar surface area (TPSA) is 77.8 Å². The minimum atomic E-state index is 0.540. The first kappa shape index (κ1) is 10.8. The summed E-state index contributed by atoms with van der Waals surface area (Å²) in [5, 5.41) is 0. The molecule has 0 aliphatic rings. The van der Waals surface area contributed by atoms with Gasteiger partial charge < -0.3 is 11.5 Å². The molecular weight excluding hydrogens is 220 g/mol. The van der Waals surface area contributed by atoms with Crippen molar-refractivity contribution in [1.82, 2.24) is 9.97 Å². The fourth-order valence-corrected chi connectivity index (χ4v) is 1.96. The van der Waals surface area contributed by atoms with Gasteiger partial charge >= 0.3 is 0 Å². The van der Waals surface area contributed by atoms with Crippen molar-refractivity contribution < 1.29 is 0 Å². The normalized spacial score (nSPS) is 10.2. The van der Waals surface area contributed by atoms with E-state index < -0.39 is 0 Å². The molecule has 4 N–H and O–H groups in total. The van der Waals surface area contributed by atoms with Crippen LogP contribution in [0.2, 0.25) is 0 Å². The molecule has 0 amide bonds. The number of nitrogens with zero attached hydrogens (tertiary/aromatic N) is 2. The fourth-order valence-electron chi connectivity index (χ4n) is 1.17. The molecule has 2 aromatic rings. The average Bonchev–Trinajstić information content (AvgIpc) is 2.30. The summed E-state index contributed by atoms with van der Waals surface area (Å²) in [5.41, 5.74) is 12.2. The molecule has 82 valence electrons. The number of pyridine rings is 2. The van der Waals surface area contributed by atoms with Gasteiger partial charge in [0.15, 0.2) is 0 Å². The molecule has 0 saturated heterocycles. The van der Waals surface area contributed by atoms with Crippen molar-refractivity contribution in [2.45, 2.75) is 10.6 Å². The molecule has 5 heteroatoms. The Kier molecular flexibility index (Phi) is 3.26. The number of aromatic nitrogens is 2. The Labute approximate surface area is 98.1 Å². The number of thioether (sulfide) groups is 1. The predicted molar refractivity (Wildman–Crippen MR) is 66.9 cm³/mol. The molecule has 2 aromatic heterocycles. The Hall–Kier alpha value is -1.75. The standard InChI is InChI=1S/C11H12N4S/c12-10-3-1-8(5-14-10)7-16-9-2-4-11(13)15-6-9/h1-6H,7H2,(H2,12,14)(H2,13,15). The quantitative estimate of drug-likeness (QED) is 0.791. The Morgan fingerprint density at radius 1 is 0.938 bits per heavy atom. The molecule has 16 heavy (non-hydrogen) atoms. The van der Waals surface area contributed by atoms with Gasteiger partial charge in [-0.1, -0.05) is 6.07 Å². The summed E-state index contributed by atoms with van der Waals surface area (Å²) in [4.78, 5) is 9.15. The molecule has 0 spiro atoms. The van der Waals surface area contributed by atoms with Gasteiger partial charge in [-0.15, -0.1) is 11.8 Å². The highest BCUT2D eigenvalue weighted by molar-refractivity contribution is 7.98. The molecule has 2 heterocycles. The van der Waals surface area contributed by atoms with Gasteiger partial charge in [-0.3, -0.25) is 0 Å². The predicted octanol–water partition coefficient (Wildman–Crippen LogP) is 1.93. The van der Waals surface area contributed by atoms with Crippen molar-refractivity contribution in [1.29, 1.82) is 0 Å². The molecule has 0 atom stereocenters. The molecule has 0 bridgehead atoms. The molecule has 0 radical (unpaired) electrons. The van der Waals surface area contributed by atoms with E-state index in [1.165, 1.54) is 0 Å². The van der Waals surface area contributed by atoms with Gasteiger partial charge in [0.05, 0.1) is 0 Å². The molecule has 4 nitrogen and oxygen atoms in total. The van der Waals surface area contributed by atoms with Gasteiger partial charge in [0, 0.05) is 23.0 Å². The first-order valence-electron chi connectivity index (χ1n) is 4.79. The lowest BCUT2D eigenvalue weighted by atomic mass is 10.3. The highest BCUT2D eigenvalue weighted by atomic mass is 32.2. The maximum Gasteiger partial charge on any atom is 0.123 e. The first-order chi connectivity index (χ1) is 7.74. The summed E-state index contributed by atoms with van der Waals surface area (Å²) in [6.07, 6.45) is 3.55. The lowest BCUT2D eigenvalue weighted by Gasteiger charge is -2.02. The van der Waals surface area contributed by atoms with E-state index in [0.717, 1.165) is 16.2 Å². The van der Waals surface area contributed by atoms with E-state index in [-0.39, 0.29) is 0 Å². The SMILES string of the molecule is Nc1ccc(CSc2ccc(N)nc2)cn1. The number of nitrogens with two attached hydrogens (primary N) is 2. The Morgan fingerprint density at radius 3 is 2.19 bits per heavy atom. The number of anilines is 2. The van der Waals surface area contributed by atoms with Crippen LogP contribution in [0, 0.1) is 0 Å². The molecule has 2 rings (SSSR count). The number of hydrogen-bond acceptors (Lipinski definition) is 5. The summed E-state index contributed by atoms with van der Waals surface area (Å²) >= 11 is 1.69. The molecule has 0 aromatic carbocycles. The summed E-state index contributed by atoms with van der Waals surface area (Å²) in [5.74, 6) is 1.93. The van der Waals surface area contributed by atoms with E-state index in [0.29, 0.717) is 11.6 Å². The van der Waals surface area contributed by atoms with E-state index >= 15 is 0 Å². The summed E-state index contributed by atoms with van der Waals surface area (Å²) in [6, 6.07) is 7.53. The van der Waals surface area contributed by atoms with Crippen LogP contribution in [-0.2, 0) is 5.75 Å². The largest absolute Gasteiger partial charge is 0.384 e. The second-order valence-corrected chi connectivity index (χ2v) is 4.35. The van der Waals surface area contributed by atoms with Crippen molar-refractivity contribution in [2.75, 3.05) is 11.5 Å². The smallest absolute Gasteiger partial charge is 0.123 e. The second-order valence-electron chi connectivity index (χ2n) is 3.30. The number of hydrogen-bond donors (Lipinski definition) is 2. The molecular formula is C11H12N4S. The molecule has 0 unspecified atom stereocenters. The zero-order valence-electron chi connectivity index (χ0n) is 8.63. The molecule has 0 fully saturated rings. The van der Waals surface area contributed by atoms with Crippen molar-refractivity contribution in [3.63, 3.8) is 0 Å². The van der Waals surface area contributed by atoms with Crippen LogP contribution in [0.5, 0.6) is 0 Å². The van der Waals surface area contributed by atoms with Crippen molar-refractivity contribution >= 4 is 23.4 Å². The maximum atomic E-state index is 5.51. The highest BCUT2D eigenvalue weighted by Crippen LogP contribution is 2.22. The maximum absolute atomic E-state index is 5.51. The van der Waals surface area contributed by atoms with Crippen LogP contribution >= 0.6 is 11.8 Å². The summed E-state index contributed by atoms with van der Waals surface area (Å²) in [7, 11) is 0. The lowest BCUT2D eigenvalue weighted by Crippen LogP contribution is -1.91. The van der Waals surface area contributed by atoms with Gasteiger partial charge in [0.1, 0.15) is 11.6 Å². The van der Waals surface area contributed by atoms with E-state index in [1.54, 1.807) is 36.3 Å². The minimum absolute atomic E-state index is 0.540. The van der Waals surface area contributed by atoms with Gasteiger partial charge in [0.2, 0.25) is 0 Å². The molecule has 0 aliphatic carbocycles. The van der Waals surface area contributed by atoms with Gasteiger partial charge in [-0.2, -0.15) is 0 Å². The summed E-state index contributed by atoms with van der Waals surface area (Å²) in [6.45, 7) is 0. The molecule has 0 saturated carbocycles. The zero-order chi connectivity index (χ0) is 11.4. The summed E-state index contributed by atoms with van der Waals surface area (Å²) < 4.78 is 0. The van der Waals surface area contributed by atoms with E-state index in [9.17, 15) is 0 Å². The first-order valence-corrected chi connectivity index (χ1v) is 5.77. The third-order valence-corrected chi connectivity index (χ3v) is 3.06. The van der Waals surface area contributed by atoms with Crippen LogP contribution in [0.1, 0.15) is 5.56 Å². The van der Waals surface area contributed by atoms with E-state index in [4.69, 9.17) is 11.5 Å². The zero-order valence-corrected chi connectivity index (χ0v) is 9.45. The monoisotopic (exact) mass is 232 g/mol. The van der Waals surface area contributed by atoms with Crippen molar-refractivity contribution in [2.24, 2.45) is 0 Å². The number of nitrogen functional groups attached to an aromatic ring is 2. The van der Waals surface area contributed by atoms with Gasteiger partial charge in [-0.25, -0.2) is 9.97 Å². The third-order valence-electron chi connectivity index (χ3n) is 2.01. The van der Waals surface area contributed by atoms with Crippen LogP contribution in [0.25, 0.3) is 0 Å². The fraction of sp³-hybridized carbons (Fsp3) is 0.0909. The van der Waals surface area contributed by atoms with Crippen molar-refractivity contribution in [3.05, 3.63) is 42.2 Å². The van der Waals surface area contributed by atoms with Gasteiger partial charge in [0.25, 0.3) is 0 Å². The minimum Gasteiger partial charge on any atom is -0.384 e. The Balaban J connectivity index is 1.97. The van der Waals surface area contributed by atoms with Gasteiger partial charge in [-0.05, 0) is 23.8 Å². The Bertz CT molecular complexity index is 407. The van der Waals surface area contributed by atoms with Crippen LogP contribution < -0.4 is 11.5 Å². The Morgan fingerprint density at radius 2 is 1.62 bits per heavy atom. The van der Waals surface area contributed by atoms with Crippen molar-refractivity contribution in [3.8, 4) is 0 Å². The van der Waals surface area contributed by atoms with E-state index in [2.05, 4.69) is 9.97 Å². The van der Waals surface area contributed by atoms with Crippen LogP contribution in [-0.4, -0.2) is 9.97 Å². The van der Waals surface area contributed by atoms with Crippen LogP contribution in [0.15, 0.2) is 41.6 Å². The average molecular weight is 232 g/mol. The van der Waals surface area contributed by atoms with Crippen LogP contribution in [0.4, 0.5) is 11.6 Å². The van der Waals surface area contributed by atoms with Crippen LogP contribution in [0.3, 0.4) is 0 Å². The van der Waals surface area contributed by atoms with E-state index in [1.807, 2.05) is 12.1 Å². The molecule has 0 aliphatic heterocycles. The third kappa shape index (κ3) is 2.87. The second kappa shape index (κ2) is 4.85. The lowest BCUT2D eigenvalue weighted by molar-refractivity contribution is 1.23. The highest BCUT2D eigenvalue weighted by Gasteiger charge is 1.97.